The van der Waals surface area contributed by atoms with E-state index in [2.05, 4.69) is 9.97 Å². The molecule has 2 aromatic rings. The van der Waals surface area contributed by atoms with Gasteiger partial charge in [-0.15, -0.1) is 0 Å². The fourth-order valence-corrected chi connectivity index (χ4v) is 3.31. The minimum atomic E-state index is -4.42. The number of hydrogen-bond donors (Lipinski definition) is 1. The molecule has 3 rings (SSSR count). The SMILES string of the molecule is OCC1(Cc2cccnc2)CCN(c2ccc(C(F)(F)F)nc2)CC1. The van der Waals surface area contributed by atoms with Crippen LogP contribution in [0.5, 0.6) is 0 Å². The minimum Gasteiger partial charge on any atom is -0.396 e. The van der Waals surface area contributed by atoms with Crippen LogP contribution in [-0.4, -0.2) is 34.8 Å². The quantitative estimate of drug-likeness (QED) is 0.918. The number of halogens is 3. The molecule has 1 fully saturated rings. The lowest BCUT2D eigenvalue weighted by atomic mass is 9.74. The van der Waals surface area contributed by atoms with Crippen molar-refractivity contribution in [2.75, 3.05) is 24.6 Å². The Balaban J connectivity index is 1.66. The fraction of sp³-hybridized carbons (Fsp3) is 0.444. The zero-order valence-corrected chi connectivity index (χ0v) is 13.7. The highest BCUT2D eigenvalue weighted by Crippen LogP contribution is 2.36. The molecular weight excluding hydrogens is 331 g/mol. The highest BCUT2D eigenvalue weighted by atomic mass is 19.4. The van der Waals surface area contributed by atoms with Crippen molar-refractivity contribution in [3.63, 3.8) is 0 Å². The lowest BCUT2D eigenvalue weighted by Crippen LogP contribution is -2.43. The van der Waals surface area contributed by atoms with Gasteiger partial charge in [0.15, 0.2) is 0 Å². The Morgan fingerprint density at radius 1 is 1.12 bits per heavy atom. The second kappa shape index (κ2) is 7.00. The molecule has 0 aromatic carbocycles. The second-order valence-electron chi connectivity index (χ2n) is 6.58. The van der Waals surface area contributed by atoms with Crippen molar-refractivity contribution in [1.29, 1.82) is 0 Å². The highest BCUT2D eigenvalue weighted by molar-refractivity contribution is 5.45. The van der Waals surface area contributed by atoms with E-state index in [1.165, 1.54) is 12.3 Å². The van der Waals surface area contributed by atoms with Gasteiger partial charge in [-0.25, -0.2) is 4.98 Å². The molecule has 4 nitrogen and oxygen atoms in total. The molecular formula is C18H20F3N3O. The van der Waals surface area contributed by atoms with Gasteiger partial charge >= 0.3 is 6.18 Å². The van der Waals surface area contributed by atoms with E-state index in [9.17, 15) is 18.3 Å². The van der Waals surface area contributed by atoms with Crippen LogP contribution in [0.4, 0.5) is 18.9 Å². The van der Waals surface area contributed by atoms with Crippen molar-refractivity contribution in [1.82, 2.24) is 9.97 Å². The molecule has 1 aliphatic rings. The number of anilines is 1. The molecule has 0 spiro atoms. The maximum Gasteiger partial charge on any atom is 0.433 e. The molecule has 0 aliphatic carbocycles. The molecule has 0 bridgehead atoms. The Kier molecular flexibility index (Phi) is 4.94. The third kappa shape index (κ3) is 4.10. The van der Waals surface area contributed by atoms with Crippen LogP contribution in [0, 0.1) is 5.41 Å². The number of aromatic nitrogens is 2. The minimum absolute atomic E-state index is 0.0843. The summed E-state index contributed by atoms with van der Waals surface area (Å²) in [5.41, 5.74) is 0.676. The van der Waals surface area contributed by atoms with Gasteiger partial charge in [-0.2, -0.15) is 13.2 Å². The Morgan fingerprint density at radius 2 is 1.88 bits per heavy atom. The Bertz CT molecular complexity index is 681. The van der Waals surface area contributed by atoms with Gasteiger partial charge in [0, 0.05) is 37.5 Å². The number of piperidine rings is 1. The first kappa shape index (κ1) is 17.7. The van der Waals surface area contributed by atoms with E-state index in [0.717, 1.165) is 30.9 Å². The van der Waals surface area contributed by atoms with Gasteiger partial charge in [-0.3, -0.25) is 4.98 Å². The van der Waals surface area contributed by atoms with Gasteiger partial charge < -0.3 is 10.0 Å². The Hall–Kier alpha value is -2.15. The summed E-state index contributed by atoms with van der Waals surface area (Å²) in [4.78, 5) is 9.66. The lowest BCUT2D eigenvalue weighted by Gasteiger charge is -2.41. The number of rotatable bonds is 4. The molecule has 3 heterocycles. The number of nitrogens with zero attached hydrogens (tertiary/aromatic N) is 3. The summed E-state index contributed by atoms with van der Waals surface area (Å²) in [6.45, 7) is 1.43. The van der Waals surface area contributed by atoms with Gasteiger partial charge in [0.25, 0.3) is 0 Å². The Morgan fingerprint density at radius 3 is 2.40 bits per heavy atom. The van der Waals surface area contributed by atoms with E-state index in [-0.39, 0.29) is 12.0 Å². The summed E-state index contributed by atoms with van der Waals surface area (Å²) in [7, 11) is 0. The molecule has 0 unspecified atom stereocenters. The molecule has 1 aliphatic heterocycles. The smallest absolute Gasteiger partial charge is 0.396 e. The molecule has 0 atom stereocenters. The van der Waals surface area contributed by atoms with Crippen molar-refractivity contribution in [2.45, 2.75) is 25.4 Å². The third-order valence-corrected chi connectivity index (χ3v) is 4.86. The molecule has 0 amide bonds. The maximum atomic E-state index is 12.6. The van der Waals surface area contributed by atoms with E-state index < -0.39 is 11.9 Å². The van der Waals surface area contributed by atoms with Gasteiger partial charge in [0.2, 0.25) is 0 Å². The van der Waals surface area contributed by atoms with Crippen molar-refractivity contribution in [2.24, 2.45) is 5.41 Å². The van der Waals surface area contributed by atoms with Gasteiger partial charge in [0.1, 0.15) is 5.69 Å². The zero-order valence-electron chi connectivity index (χ0n) is 13.7. The van der Waals surface area contributed by atoms with Gasteiger partial charge in [-0.05, 0) is 43.0 Å². The van der Waals surface area contributed by atoms with Crippen LogP contribution in [0.15, 0.2) is 42.9 Å². The number of alkyl halides is 3. The average Bonchev–Trinajstić information content (AvgIpc) is 2.63. The van der Waals surface area contributed by atoms with Crippen LogP contribution < -0.4 is 4.90 Å². The summed E-state index contributed by atoms with van der Waals surface area (Å²) in [6, 6.07) is 6.35. The monoisotopic (exact) mass is 351 g/mol. The zero-order chi connectivity index (χ0) is 17.9. The first-order valence-corrected chi connectivity index (χ1v) is 8.20. The molecule has 25 heavy (non-hydrogen) atoms. The van der Waals surface area contributed by atoms with E-state index in [0.29, 0.717) is 18.8 Å². The standard InChI is InChI=1S/C18H20F3N3O/c19-18(20,21)16-4-3-15(12-23-16)24-8-5-17(13-25,6-9-24)10-14-2-1-7-22-11-14/h1-4,7,11-12,25H,5-6,8-10,13H2. The number of aliphatic hydroxyl groups excluding tert-OH is 1. The Labute approximate surface area is 144 Å². The van der Waals surface area contributed by atoms with Crippen LogP contribution >= 0.6 is 0 Å². The third-order valence-electron chi connectivity index (χ3n) is 4.86. The predicted molar refractivity (Wildman–Crippen MR) is 88.1 cm³/mol. The molecule has 134 valence electrons. The van der Waals surface area contributed by atoms with E-state index in [1.54, 1.807) is 6.20 Å². The normalized spacial score (nSPS) is 17.5. The largest absolute Gasteiger partial charge is 0.433 e. The molecule has 2 aromatic heterocycles. The summed E-state index contributed by atoms with van der Waals surface area (Å²) in [6.07, 6.45) is 2.65. The molecule has 0 saturated carbocycles. The van der Waals surface area contributed by atoms with Crippen molar-refractivity contribution in [3.8, 4) is 0 Å². The van der Waals surface area contributed by atoms with Crippen LogP contribution in [-0.2, 0) is 12.6 Å². The van der Waals surface area contributed by atoms with Crippen LogP contribution in [0.3, 0.4) is 0 Å². The van der Waals surface area contributed by atoms with Gasteiger partial charge in [0.05, 0.1) is 11.9 Å². The fourth-order valence-electron chi connectivity index (χ4n) is 3.31. The summed E-state index contributed by atoms with van der Waals surface area (Å²) >= 11 is 0. The van der Waals surface area contributed by atoms with Gasteiger partial charge in [-0.1, -0.05) is 6.07 Å². The highest BCUT2D eigenvalue weighted by Gasteiger charge is 2.35. The molecule has 1 saturated heterocycles. The van der Waals surface area contributed by atoms with Crippen molar-refractivity contribution < 1.29 is 18.3 Å². The second-order valence-corrected chi connectivity index (χ2v) is 6.58. The first-order chi connectivity index (χ1) is 11.9. The van der Waals surface area contributed by atoms with Crippen LogP contribution in [0.2, 0.25) is 0 Å². The molecule has 1 N–H and O–H groups in total. The molecule has 7 heteroatoms. The average molecular weight is 351 g/mol. The maximum absolute atomic E-state index is 12.6. The van der Waals surface area contributed by atoms with Crippen LogP contribution in [0.25, 0.3) is 0 Å². The summed E-state index contributed by atoms with van der Waals surface area (Å²) in [5, 5.41) is 9.91. The predicted octanol–water partition coefficient (Wildman–Crippen LogP) is 3.32. The van der Waals surface area contributed by atoms with Crippen LogP contribution in [0.1, 0.15) is 24.1 Å². The summed E-state index contributed by atoms with van der Waals surface area (Å²) < 4.78 is 37.8. The van der Waals surface area contributed by atoms with E-state index >= 15 is 0 Å². The van der Waals surface area contributed by atoms with E-state index in [4.69, 9.17) is 0 Å². The topological polar surface area (TPSA) is 49.3 Å². The summed E-state index contributed by atoms with van der Waals surface area (Å²) in [5.74, 6) is 0. The first-order valence-electron chi connectivity index (χ1n) is 8.20. The lowest BCUT2D eigenvalue weighted by molar-refractivity contribution is -0.141. The number of hydrogen-bond acceptors (Lipinski definition) is 4. The van der Waals surface area contributed by atoms with E-state index in [1.807, 2.05) is 23.2 Å². The number of pyridine rings is 2. The molecule has 0 radical (unpaired) electrons. The number of aliphatic hydroxyl groups is 1. The van der Waals surface area contributed by atoms with Crippen molar-refractivity contribution >= 4 is 5.69 Å². The van der Waals surface area contributed by atoms with Crippen molar-refractivity contribution in [3.05, 3.63) is 54.1 Å².